The third-order valence-electron chi connectivity index (χ3n) is 3.02. The van der Waals surface area contributed by atoms with Gasteiger partial charge in [-0.25, -0.2) is 8.42 Å². The molecular weight excluding hydrogens is 334 g/mol. The van der Waals surface area contributed by atoms with Gasteiger partial charge < -0.3 is 5.32 Å². The zero-order valence-electron chi connectivity index (χ0n) is 12.2. The number of nitro benzene ring substituents is 1. The number of carbonyl (C=O) groups excluding carboxylic acids is 1. The fourth-order valence-corrected chi connectivity index (χ4v) is 3.39. The molecule has 0 spiro atoms. The van der Waals surface area contributed by atoms with Gasteiger partial charge in [0.2, 0.25) is 15.7 Å². The molecule has 0 fully saturated rings. The van der Waals surface area contributed by atoms with Crippen molar-refractivity contribution < 1.29 is 18.1 Å². The van der Waals surface area contributed by atoms with E-state index < -0.39 is 37.7 Å². The Labute approximate surface area is 137 Å². The van der Waals surface area contributed by atoms with Gasteiger partial charge in [-0.05, 0) is 24.3 Å². The number of sulfone groups is 1. The number of nitrogens with zero attached hydrogens (tertiary/aromatic N) is 2. The molecule has 0 atom stereocenters. The maximum absolute atomic E-state index is 12.6. The van der Waals surface area contributed by atoms with Gasteiger partial charge in [0.1, 0.15) is 11.3 Å². The molecule has 0 bridgehead atoms. The minimum Gasteiger partial charge on any atom is -0.325 e. The first-order valence-electron chi connectivity index (χ1n) is 6.61. The smallest absolute Gasteiger partial charge is 0.290 e. The average Bonchev–Trinajstić information content (AvgIpc) is 2.55. The van der Waals surface area contributed by atoms with Crippen LogP contribution in [0.3, 0.4) is 0 Å². The lowest BCUT2D eigenvalue weighted by molar-refractivity contribution is -0.387. The molecule has 0 aliphatic rings. The molecular formula is C15H11N3O5S. The minimum atomic E-state index is -4.08. The van der Waals surface area contributed by atoms with E-state index in [1.165, 1.54) is 30.3 Å². The molecule has 0 aliphatic carbocycles. The summed E-state index contributed by atoms with van der Waals surface area (Å²) in [5.41, 5.74) is -0.623. The average molecular weight is 345 g/mol. The van der Waals surface area contributed by atoms with Crippen molar-refractivity contribution in [1.82, 2.24) is 0 Å². The van der Waals surface area contributed by atoms with Crippen LogP contribution in [-0.4, -0.2) is 19.2 Å². The summed E-state index contributed by atoms with van der Waals surface area (Å²) in [6.45, 7) is 0. The van der Waals surface area contributed by atoms with E-state index in [0.29, 0.717) is 0 Å². The van der Waals surface area contributed by atoms with E-state index in [9.17, 15) is 23.3 Å². The zero-order chi connectivity index (χ0) is 17.7. The third kappa shape index (κ3) is 3.56. The van der Waals surface area contributed by atoms with Crippen LogP contribution in [0.5, 0.6) is 0 Å². The Balaban J connectivity index is 2.50. The maximum Gasteiger partial charge on any atom is 0.290 e. The van der Waals surface area contributed by atoms with Gasteiger partial charge in [-0.15, -0.1) is 0 Å². The van der Waals surface area contributed by atoms with Gasteiger partial charge in [0.25, 0.3) is 5.69 Å². The molecule has 0 aromatic heterocycles. The molecule has 2 aromatic rings. The van der Waals surface area contributed by atoms with Gasteiger partial charge in [0, 0.05) is 11.8 Å². The van der Waals surface area contributed by atoms with Crippen LogP contribution < -0.4 is 5.32 Å². The lowest BCUT2D eigenvalue weighted by Gasteiger charge is -2.08. The first-order valence-corrected chi connectivity index (χ1v) is 8.10. The number of hydrogen-bond donors (Lipinski definition) is 1. The van der Waals surface area contributed by atoms with Crippen molar-refractivity contribution in [3.05, 3.63) is 58.6 Å². The Morgan fingerprint density at radius 1 is 1.21 bits per heavy atom. The highest BCUT2D eigenvalue weighted by Gasteiger charge is 2.28. The van der Waals surface area contributed by atoms with Crippen LogP contribution in [0.1, 0.15) is 6.42 Å². The SMILES string of the molecule is N#CCC(=O)Nc1ccc(S(=O)(=O)c2ccccc2)c([N+](=O)[O-])c1. The Bertz CT molecular complexity index is 933. The van der Waals surface area contributed by atoms with Crippen molar-refractivity contribution in [1.29, 1.82) is 5.26 Å². The van der Waals surface area contributed by atoms with Gasteiger partial charge in [-0.3, -0.25) is 14.9 Å². The number of nitriles is 1. The van der Waals surface area contributed by atoms with Gasteiger partial charge in [0.15, 0.2) is 0 Å². The first kappa shape index (κ1) is 17.1. The van der Waals surface area contributed by atoms with Gasteiger partial charge in [0.05, 0.1) is 15.9 Å². The Kier molecular flexibility index (Phi) is 4.91. The zero-order valence-corrected chi connectivity index (χ0v) is 13.0. The predicted molar refractivity (Wildman–Crippen MR) is 83.8 cm³/mol. The predicted octanol–water partition coefficient (Wildman–Crippen LogP) is 2.28. The van der Waals surface area contributed by atoms with Crippen molar-refractivity contribution in [2.75, 3.05) is 5.32 Å². The number of nitrogens with one attached hydrogen (secondary N) is 1. The maximum atomic E-state index is 12.6. The van der Waals surface area contributed by atoms with Crippen LogP contribution in [0, 0.1) is 21.4 Å². The molecule has 0 saturated carbocycles. The number of hydrogen-bond acceptors (Lipinski definition) is 6. The summed E-state index contributed by atoms with van der Waals surface area (Å²) in [6.07, 6.45) is -0.419. The second-order valence-electron chi connectivity index (χ2n) is 4.64. The summed E-state index contributed by atoms with van der Waals surface area (Å²) in [4.78, 5) is 21.2. The van der Waals surface area contributed by atoms with Crippen LogP contribution >= 0.6 is 0 Å². The second-order valence-corrected chi connectivity index (χ2v) is 6.56. The quantitative estimate of drug-likeness (QED) is 0.653. The van der Waals surface area contributed by atoms with E-state index in [4.69, 9.17) is 5.26 Å². The lowest BCUT2D eigenvalue weighted by atomic mass is 10.2. The number of nitro groups is 1. The standard InChI is InChI=1S/C15H11N3O5S/c16-9-8-15(19)17-11-6-7-14(13(10-11)18(20)21)24(22,23)12-4-2-1-3-5-12/h1-7,10H,8H2,(H,17,19). The Morgan fingerprint density at radius 2 is 1.88 bits per heavy atom. The number of rotatable bonds is 5. The van der Waals surface area contributed by atoms with Crippen molar-refractivity contribution in [3.63, 3.8) is 0 Å². The van der Waals surface area contributed by atoms with E-state index in [1.807, 2.05) is 0 Å². The molecule has 0 unspecified atom stereocenters. The molecule has 2 aromatic carbocycles. The van der Waals surface area contributed by atoms with Gasteiger partial charge in [-0.1, -0.05) is 18.2 Å². The molecule has 8 nitrogen and oxygen atoms in total. The molecule has 0 radical (unpaired) electrons. The summed E-state index contributed by atoms with van der Waals surface area (Å²) in [5.74, 6) is -0.648. The highest BCUT2D eigenvalue weighted by molar-refractivity contribution is 7.91. The van der Waals surface area contributed by atoms with E-state index in [0.717, 1.165) is 12.1 Å². The highest BCUT2D eigenvalue weighted by Crippen LogP contribution is 2.31. The number of carbonyl (C=O) groups is 1. The molecule has 1 amide bonds. The van der Waals surface area contributed by atoms with Crippen molar-refractivity contribution in [2.24, 2.45) is 0 Å². The largest absolute Gasteiger partial charge is 0.325 e. The summed E-state index contributed by atoms with van der Waals surface area (Å²) in [7, 11) is -4.08. The molecule has 1 N–H and O–H groups in total. The second kappa shape index (κ2) is 6.89. The van der Waals surface area contributed by atoms with E-state index in [1.54, 1.807) is 12.1 Å². The lowest BCUT2D eigenvalue weighted by Crippen LogP contribution is -2.11. The molecule has 122 valence electrons. The van der Waals surface area contributed by atoms with Crippen molar-refractivity contribution in [3.8, 4) is 6.07 Å². The summed E-state index contributed by atoms with van der Waals surface area (Å²) >= 11 is 0. The highest BCUT2D eigenvalue weighted by atomic mass is 32.2. The molecule has 2 rings (SSSR count). The van der Waals surface area contributed by atoms with Crippen LogP contribution in [0.2, 0.25) is 0 Å². The van der Waals surface area contributed by atoms with Crippen molar-refractivity contribution >= 4 is 27.1 Å². The molecule has 0 heterocycles. The summed E-state index contributed by atoms with van der Waals surface area (Å²) < 4.78 is 25.1. The fourth-order valence-electron chi connectivity index (χ4n) is 1.97. The number of amides is 1. The van der Waals surface area contributed by atoms with Crippen molar-refractivity contribution in [2.45, 2.75) is 16.2 Å². The number of benzene rings is 2. The Hall–Kier alpha value is -3.25. The van der Waals surface area contributed by atoms with Crippen LogP contribution in [0.15, 0.2) is 58.3 Å². The van der Waals surface area contributed by atoms with Gasteiger partial charge in [-0.2, -0.15) is 5.26 Å². The summed E-state index contributed by atoms with van der Waals surface area (Å²) in [5, 5.41) is 22.0. The first-order chi connectivity index (χ1) is 11.4. The van der Waals surface area contributed by atoms with Gasteiger partial charge >= 0.3 is 0 Å². The normalized spacial score (nSPS) is 10.6. The monoisotopic (exact) mass is 345 g/mol. The molecule has 24 heavy (non-hydrogen) atoms. The number of anilines is 1. The summed E-state index contributed by atoms with van der Waals surface area (Å²) in [6, 6.07) is 12.2. The minimum absolute atomic E-state index is 0.0361. The third-order valence-corrected chi connectivity index (χ3v) is 4.84. The molecule has 0 aliphatic heterocycles. The van der Waals surface area contributed by atoms with Crippen LogP contribution in [0.4, 0.5) is 11.4 Å². The van der Waals surface area contributed by atoms with E-state index >= 15 is 0 Å². The fraction of sp³-hybridized carbons (Fsp3) is 0.0667. The molecule has 9 heteroatoms. The Morgan fingerprint density at radius 3 is 2.46 bits per heavy atom. The van der Waals surface area contributed by atoms with E-state index in [-0.39, 0.29) is 10.6 Å². The van der Waals surface area contributed by atoms with Crippen LogP contribution in [-0.2, 0) is 14.6 Å². The van der Waals surface area contributed by atoms with E-state index in [2.05, 4.69) is 5.32 Å². The topological polar surface area (TPSA) is 130 Å². The van der Waals surface area contributed by atoms with Crippen LogP contribution in [0.25, 0.3) is 0 Å². The molecule has 0 saturated heterocycles.